The molecule has 3 heteroatoms. The molecule has 1 aromatic rings. The van der Waals surface area contributed by atoms with Crippen LogP contribution in [-0.4, -0.2) is 16.5 Å². The van der Waals surface area contributed by atoms with Crippen LogP contribution >= 0.6 is 0 Å². The summed E-state index contributed by atoms with van der Waals surface area (Å²) < 4.78 is 12.0. The van der Waals surface area contributed by atoms with Gasteiger partial charge in [0.25, 0.3) is 0 Å². The molecular formula is C12H17NOS. The molecule has 0 amide bonds. The maximum atomic E-state index is 12.0. The molecule has 0 aromatic heterocycles. The van der Waals surface area contributed by atoms with E-state index in [4.69, 9.17) is 0 Å². The zero-order valence-corrected chi connectivity index (χ0v) is 10.3. The van der Waals surface area contributed by atoms with Crippen LogP contribution in [0.1, 0.15) is 29.7 Å². The number of fused-ring (bicyclic) bond motifs is 1. The van der Waals surface area contributed by atoms with Crippen molar-refractivity contribution >= 4 is 10.8 Å². The fourth-order valence-electron chi connectivity index (χ4n) is 2.27. The van der Waals surface area contributed by atoms with Gasteiger partial charge in [-0.25, -0.2) is 0 Å². The fourth-order valence-corrected chi connectivity index (χ4v) is 4.00. The highest BCUT2D eigenvalue weighted by atomic mass is 32.2. The van der Waals surface area contributed by atoms with Crippen LogP contribution in [0.3, 0.4) is 0 Å². The minimum Gasteiger partial charge on any atom is -0.309 e. The molecule has 2 atom stereocenters. The standard InChI is InChI=1S/C12H17NOS/c1-4-13-10-7-15(14)12-9(3)6-5-8(2)11(10)12/h5-6,10,13H,4,7H2,1-3H3. The van der Waals surface area contributed by atoms with E-state index in [2.05, 4.69) is 31.3 Å². The number of rotatable bonds is 2. The lowest BCUT2D eigenvalue weighted by Gasteiger charge is -2.14. The van der Waals surface area contributed by atoms with Crippen LogP contribution in [0.5, 0.6) is 0 Å². The zero-order chi connectivity index (χ0) is 11.0. The first-order valence-electron chi connectivity index (χ1n) is 5.37. The molecule has 0 radical (unpaired) electrons. The number of aryl methyl sites for hydroxylation is 2. The monoisotopic (exact) mass is 223 g/mol. The molecule has 1 heterocycles. The maximum absolute atomic E-state index is 12.0. The van der Waals surface area contributed by atoms with Gasteiger partial charge in [-0.2, -0.15) is 0 Å². The van der Waals surface area contributed by atoms with E-state index in [1.54, 1.807) is 0 Å². The van der Waals surface area contributed by atoms with Gasteiger partial charge in [-0.3, -0.25) is 4.21 Å². The molecule has 0 spiro atoms. The molecule has 2 unspecified atom stereocenters. The van der Waals surface area contributed by atoms with Crippen molar-refractivity contribution in [3.8, 4) is 0 Å². The molecule has 1 aliphatic heterocycles. The first kappa shape index (κ1) is 10.8. The lowest BCUT2D eigenvalue weighted by atomic mass is 10.00. The van der Waals surface area contributed by atoms with Crippen LogP contribution in [0.2, 0.25) is 0 Å². The van der Waals surface area contributed by atoms with E-state index < -0.39 is 10.8 Å². The van der Waals surface area contributed by atoms with Crippen molar-refractivity contribution in [1.82, 2.24) is 5.32 Å². The summed E-state index contributed by atoms with van der Waals surface area (Å²) in [5.41, 5.74) is 3.69. The van der Waals surface area contributed by atoms with Gasteiger partial charge in [-0.1, -0.05) is 19.1 Å². The summed E-state index contributed by atoms with van der Waals surface area (Å²) in [6.45, 7) is 7.16. The first-order chi connectivity index (χ1) is 7.15. The fraction of sp³-hybridized carbons (Fsp3) is 0.500. The first-order valence-corrected chi connectivity index (χ1v) is 6.69. The largest absolute Gasteiger partial charge is 0.309 e. The van der Waals surface area contributed by atoms with Crippen LogP contribution in [0.25, 0.3) is 0 Å². The third-order valence-electron chi connectivity index (χ3n) is 2.96. The Morgan fingerprint density at radius 3 is 2.73 bits per heavy atom. The molecule has 0 saturated carbocycles. The number of nitrogens with one attached hydrogen (secondary N) is 1. The van der Waals surface area contributed by atoms with Crippen molar-refractivity contribution < 1.29 is 4.21 Å². The third kappa shape index (κ3) is 1.74. The highest BCUT2D eigenvalue weighted by molar-refractivity contribution is 7.85. The Balaban J connectivity index is 2.54. The van der Waals surface area contributed by atoms with Gasteiger partial charge in [-0.15, -0.1) is 0 Å². The minimum atomic E-state index is -0.814. The smallest absolute Gasteiger partial charge is 0.0555 e. The maximum Gasteiger partial charge on any atom is 0.0555 e. The molecule has 0 fully saturated rings. The van der Waals surface area contributed by atoms with Crippen molar-refractivity contribution in [2.24, 2.45) is 0 Å². The van der Waals surface area contributed by atoms with Crippen LogP contribution in [0, 0.1) is 13.8 Å². The van der Waals surface area contributed by atoms with E-state index >= 15 is 0 Å². The SMILES string of the molecule is CCNC1CS(=O)c2c(C)ccc(C)c21. The van der Waals surface area contributed by atoms with Crippen LogP contribution < -0.4 is 5.32 Å². The van der Waals surface area contributed by atoms with Crippen molar-refractivity contribution in [1.29, 1.82) is 0 Å². The Hall–Kier alpha value is -0.670. The van der Waals surface area contributed by atoms with Crippen LogP contribution in [0.15, 0.2) is 17.0 Å². The van der Waals surface area contributed by atoms with E-state index in [1.807, 2.05) is 6.92 Å². The van der Waals surface area contributed by atoms with Gasteiger partial charge in [0, 0.05) is 16.7 Å². The molecule has 1 aliphatic rings. The molecule has 1 aromatic carbocycles. The molecule has 2 nitrogen and oxygen atoms in total. The molecule has 0 aliphatic carbocycles. The summed E-state index contributed by atoms with van der Waals surface area (Å²) in [7, 11) is -0.814. The van der Waals surface area contributed by atoms with Gasteiger partial charge in [-0.05, 0) is 37.1 Å². The zero-order valence-electron chi connectivity index (χ0n) is 9.46. The molecule has 82 valence electrons. The van der Waals surface area contributed by atoms with Gasteiger partial charge < -0.3 is 5.32 Å². The van der Waals surface area contributed by atoms with Crippen molar-refractivity contribution in [2.75, 3.05) is 12.3 Å². The van der Waals surface area contributed by atoms with Gasteiger partial charge in [0.2, 0.25) is 0 Å². The normalized spacial score (nSPS) is 24.2. The highest BCUT2D eigenvalue weighted by Gasteiger charge is 2.30. The summed E-state index contributed by atoms with van der Waals surface area (Å²) in [6.07, 6.45) is 0. The topological polar surface area (TPSA) is 29.1 Å². The number of benzene rings is 1. The molecule has 0 saturated heterocycles. The Kier molecular flexibility index (Phi) is 2.94. The Morgan fingerprint density at radius 1 is 1.40 bits per heavy atom. The third-order valence-corrected chi connectivity index (χ3v) is 4.59. The average molecular weight is 223 g/mol. The van der Waals surface area contributed by atoms with Crippen molar-refractivity contribution in [3.63, 3.8) is 0 Å². The van der Waals surface area contributed by atoms with E-state index in [-0.39, 0.29) is 6.04 Å². The van der Waals surface area contributed by atoms with Gasteiger partial charge in [0.05, 0.1) is 10.8 Å². The predicted octanol–water partition coefficient (Wildman–Crippen LogP) is 2.08. The summed E-state index contributed by atoms with van der Waals surface area (Å²) in [5.74, 6) is 0.731. The number of hydrogen-bond acceptors (Lipinski definition) is 2. The second-order valence-electron chi connectivity index (χ2n) is 4.06. The molecule has 15 heavy (non-hydrogen) atoms. The lowest BCUT2D eigenvalue weighted by molar-refractivity contribution is 0.600. The summed E-state index contributed by atoms with van der Waals surface area (Å²) in [5, 5.41) is 3.41. The van der Waals surface area contributed by atoms with Crippen LogP contribution in [-0.2, 0) is 10.8 Å². The molecule has 1 N–H and O–H groups in total. The van der Waals surface area contributed by atoms with Crippen molar-refractivity contribution in [2.45, 2.75) is 31.7 Å². The van der Waals surface area contributed by atoms with Gasteiger partial charge in [0.15, 0.2) is 0 Å². The van der Waals surface area contributed by atoms with E-state index in [0.717, 1.165) is 22.8 Å². The molecule has 2 rings (SSSR count). The number of hydrogen-bond donors (Lipinski definition) is 1. The van der Waals surface area contributed by atoms with Crippen LogP contribution in [0.4, 0.5) is 0 Å². The second-order valence-corrected chi connectivity index (χ2v) is 5.50. The average Bonchev–Trinajstić information content (AvgIpc) is 2.51. The summed E-state index contributed by atoms with van der Waals surface area (Å²) in [4.78, 5) is 1.07. The summed E-state index contributed by atoms with van der Waals surface area (Å²) in [6, 6.07) is 4.48. The molecule has 0 bridgehead atoms. The second kappa shape index (κ2) is 4.06. The van der Waals surface area contributed by atoms with E-state index in [9.17, 15) is 4.21 Å². The van der Waals surface area contributed by atoms with E-state index in [1.165, 1.54) is 11.1 Å². The Labute approximate surface area is 93.5 Å². The lowest BCUT2D eigenvalue weighted by Crippen LogP contribution is -2.21. The Morgan fingerprint density at radius 2 is 2.07 bits per heavy atom. The van der Waals surface area contributed by atoms with E-state index in [0.29, 0.717) is 0 Å². The van der Waals surface area contributed by atoms with Gasteiger partial charge in [0.1, 0.15) is 0 Å². The van der Waals surface area contributed by atoms with Crippen molar-refractivity contribution in [3.05, 3.63) is 28.8 Å². The minimum absolute atomic E-state index is 0.283. The summed E-state index contributed by atoms with van der Waals surface area (Å²) >= 11 is 0. The quantitative estimate of drug-likeness (QED) is 0.831. The van der Waals surface area contributed by atoms with Gasteiger partial charge >= 0.3 is 0 Å². The molecular weight excluding hydrogens is 206 g/mol. The highest BCUT2D eigenvalue weighted by Crippen LogP contribution is 2.35. The Bertz CT molecular complexity index is 414. The predicted molar refractivity (Wildman–Crippen MR) is 63.6 cm³/mol.